The Morgan fingerprint density at radius 1 is 1.56 bits per heavy atom. The van der Waals surface area contributed by atoms with Crippen LogP contribution < -0.4 is 5.32 Å². The lowest BCUT2D eigenvalue weighted by molar-refractivity contribution is -0.385. The second-order valence-corrected chi connectivity index (χ2v) is 4.12. The molecule has 0 radical (unpaired) electrons. The van der Waals surface area contributed by atoms with Crippen LogP contribution in [0.4, 0.5) is 5.69 Å². The normalized spacial score (nSPS) is 9.22. The highest BCUT2D eigenvalue weighted by molar-refractivity contribution is 9.10. The number of carbonyl (C=O) groups excluding carboxylic acids is 1. The maximum atomic E-state index is 11.8. The van der Waals surface area contributed by atoms with E-state index >= 15 is 0 Å². The van der Waals surface area contributed by atoms with E-state index in [0.29, 0.717) is 13.0 Å². The summed E-state index contributed by atoms with van der Waals surface area (Å²) in [4.78, 5) is 22.0. The number of rotatable bonds is 4. The molecule has 18 heavy (non-hydrogen) atoms. The van der Waals surface area contributed by atoms with Crippen LogP contribution in [-0.4, -0.2) is 17.4 Å². The Bertz CT molecular complexity index is 532. The van der Waals surface area contributed by atoms with Gasteiger partial charge < -0.3 is 5.32 Å². The van der Waals surface area contributed by atoms with E-state index in [4.69, 9.17) is 0 Å². The lowest BCUT2D eigenvalue weighted by Gasteiger charge is -2.05. The Morgan fingerprint density at radius 2 is 2.28 bits per heavy atom. The number of nitro benzene ring substituents is 1. The van der Waals surface area contributed by atoms with Crippen molar-refractivity contribution in [3.8, 4) is 11.8 Å². The second kappa shape index (κ2) is 6.77. The molecule has 1 aromatic rings. The monoisotopic (exact) mass is 310 g/mol. The minimum Gasteiger partial charge on any atom is -0.351 e. The number of nitrogens with one attached hydrogen (secondary N) is 1. The zero-order valence-corrected chi connectivity index (χ0v) is 11.3. The molecular weight excluding hydrogens is 300 g/mol. The van der Waals surface area contributed by atoms with Crippen molar-refractivity contribution in [2.75, 3.05) is 6.54 Å². The largest absolute Gasteiger partial charge is 0.351 e. The quantitative estimate of drug-likeness (QED) is 0.402. The van der Waals surface area contributed by atoms with Crippen molar-refractivity contribution in [3.05, 3.63) is 38.3 Å². The van der Waals surface area contributed by atoms with Crippen LogP contribution in [0.3, 0.4) is 0 Å². The number of benzene rings is 1. The molecule has 0 saturated heterocycles. The van der Waals surface area contributed by atoms with Crippen LogP contribution in [0.5, 0.6) is 0 Å². The molecule has 0 aliphatic carbocycles. The fourth-order valence-electron chi connectivity index (χ4n) is 1.29. The first-order valence-corrected chi connectivity index (χ1v) is 5.98. The minimum atomic E-state index is -0.538. The average Bonchev–Trinajstić information content (AvgIpc) is 2.34. The van der Waals surface area contributed by atoms with Gasteiger partial charge in [0.15, 0.2) is 0 Å². The van der Waals surface area contributed by atoms with Gasteiger partial charge in [0.1, 0.15) is 4.47 Å². The highest BCUT2D eigenvalue weighted by atomic mass is 79.9. The van der Waals surface area contributed by atoms with Gasteiger partial charge in [-0.05, 0) is 28.9 Å². The number of nitro groups is 1. The van der Waals surface area contributed by atoms with Gasteiger partial charge in [-0.1, -0.05) is 6.07 Å². The van der Waals surface area contributed by atoms with Crippen molar-refractivity contribution < 1.29 is 9.72 Å². The van der Waals surface area contributed by atoms with Gasteiger partial charge in [0.05, 0.1) is 10.5 Å². The van der Waals surface area contributed by atoms with Crippen LogP contribution in [0.25, 0.3) is 0 Å². The fourth-order valence-corrected chi connectivity index (χ4v) is 1.88. The summed E-state index contributed by atoms with van der Waals surface area (Å²) in [5.41, 5.74) is 0.115. The SMILES string of the molecule is CC#CCCNC(=O)c1cccc([N+](=O)[O-])c1Br. The topological polar surface area (TPSA) is 72.2 Å². The van der Waals surface area contributed by atoms with Crippen molar-refractivity contribution in [2.24, 2.45) is 0 Å². The van der Waals surface area contributed by atoms with E-state index in [1.807, 2.05) is 0 Å². The highest BCUT2D eigenvalue weighted by Crippen LogP contribution is 2.28. The van der Waals surface area contributed by atoms with Gasteiger partial charge in [-0.15, -0.1) is 11.8 Å². The molecule has 0 fully saturated rings. The van der Waals surface area contributed by atoms with Crippen molar-refractivity contribution in [3.63, 3.8) is 0 Å². The molecule has 6 heteroatoms. The number of amides is 1. The summed E-state index contributed by atoms with van der Waals surface area (Å²) in [7, 11) is 0. The van der Waals surface area contributed by atoms with Crippen molar-refractivity contribution in [1.82, 2.24) is 5.32 Å². The molecular formula is C12H11BrN2O3. The lowest BCUT2D eigenvalue weighted by Crippen LogP contribution is -2.24. The summed E-state index contributed by atoms with van der Waals surface area (Å²) < 4.78 is 0.189. The van der Waals surface area contributed by atoms with E-state index in [2.05, 4.69) is 33.1 Å². The molecule has 0 bridgehead atoms. The van der Waals surface area contributed by atoms with Gasteiger partial charge in [-0.3, -0.25) is 14.9 Å². The molecule has 0 aliphatic heterocycles. The van der Waals surface area contributed by atoms with Crippen LogP contribution in [0, 0.1) is 22.0 Å². The van der Waals surface area contributed by atoms with Crippen LogP contribution in [0.2, 0.25) is 0 Å². The first kappa shape index (κ1) is 14.2. The van der Waals surface area contributed by atoms with E-state index in [-0.39, 0.29) is 21.6 Å². The van der Waals surface area contributed by atoms with Crippen LogP contribution in [-0.2, 0) is 0 Å². The molecule has 1 rings (SSSR count). The van der Waals surface area contributed by atoms with Crippen molar-refractivity contribution in [2.45, 2.75) is 13.3 Å². The molecule has 0 aliphatic rings. The average molecular weight is 311 g/mol. The van der Waals surface area contributed by atoms with Gasteiger partial charge >= 0.3 is 0 Å². The summed E-state index contributed by atoms with van der Waals surface area (Å²) in [5.74, 6) is 5.17. The molecule has 1 aromatic carbocycles. The zero-order chi connectivity index (χ0) is 13.5. The van der Waals surface area contributed by atoms with Gasteiger partial charge in [0.25, 0.3) is 11.6 Å². The van der Waals surface area contributed by atoms with E-state index in [9.17, 15) is 14.9 Å². The van der Waals surface area contributed by atoms with Gasteiger partial charge in [-0.2, -0.15) is 0 Å². The first-order valence-electron chi connectivity index (χ1n) is 5.18. The molecule has 1 N–H and O–H groups in total. The van der Waals surface area contributed by atoms with Gasteiger partial charge in [0, 0.05) is 19.0 Å². The summed E-state index contributed by atoms with van der Waals surface area (Å²) in [5, 5.41) is 13.4. The summed E-state index contributed by atoms with van der Waals surface area (Å²) in [6, 6.07) is 4.34. The molecule has 0 spiro atoms. The standard InChI is InChI=1S/C12H11BrN2O3/c1-2-3-4-8-14-12(16)9-6-5-7-10(11(9)13)15(17)18/h5-7H,4,8H2,1H3,(H,14,16). The molecule has 0 heterocycles. The lowest BCUT2D eigenvalue weighted by atomic mass is 10.2. The fraction of sp³-hybridized carbons (Fsp3) is 0.250. The van der Waals surface area contributed by atoms with Gasteiger partial charge in [-0.25, -0.2) is 0 Å². The number of hydrogen-bond acceptors (Lipinski definition) is 3. The van der Waals surface area contributed by atoms with E-state index in [0.717, 1.165) is 0 Å². The molecule has 1 amide bonds. The minimum absolute atomic E-state index is 0.129. The molecule has 94 valence electrons. The molecule has 0 aromatic heterocycles. The second-order valence-electron chi connectivity index (χ2n) is 3.33. The molecule has 0 saturated carbocycles. The third-order valence-electron chi connectivity index (χ3n) is 2.13. The van der Waals surface area contributed by atoms with Crippen molar-refractivity contribution in [1.29, 1.82) is 0 Å². The maximum Gasteiger partial charge on any atom is 0.284 e. The highest BCUT2D eigenvalue weighted by Gasteiger charge is 2.18. The number of hydrogen-bond donors (Lipinski definition) is 1. The predicted molar refractivity (Wildman–Crippen MR) is 71.2 cm³/mol. The van der Waals surface area contributed by atoms with E-state index in [1.165, 1.54) is 18.2 Å². The maximum absolute atomic E-state index is 11.8. The predicted octanol–water partition coefficient (Wildman–Crippen LogP) is 2.50. The Kier molecular flexibility index (Phi) is 5.33. The Hall–Kier alpha value is -1.87. The molecule has 0 unspecified atom stereocenters. The van der Waals surface area contributed by atoms with Crippen LogP contribution >= 0.6 is 15.9 Å². The number of carbonyl (C=O) groups is 1. The Balaban J connectivity index is 2.82. The summed E-state index contributed by atoms with van der Waals surface area (Å²) >= 11 is 3.07. The zero-order valence-electron chi connectivity index (χ0n) is 9.70. The van der Waals surface area contributed by atoms with Crippen LogP contribution in [0.15, 0.2) is 22.7 Å². The summed E-state index contributed by atoms with van der Waals surface area (Å²) in [6.45, 7) is 2.13. The number of halogens is 1. The Morgan fingerprint density at radius 3 is 2.89 bits per heavy atom. The third kappa shape index (κ3) is 3.57. The van der Waals surface area contributed by atoms with Gasteiger partial charge in [0.2, 0.25) is 0 Å². The first-order chi connectivity index (χ1) is 8.57. The van der Waals surface area contributed by atoms with Crippen LogP contribution in [0.1, 0.15) is 23.7 Å². The molecule has 0 atom stereocenters. The Labute approximate surface area is 113 Å². The smallest absolute Gasteiger partial charge is 0.284 e. The third-order valence-corrected chi connectivity index (χ3v) is 2.97. The molecule has 5 nitrogen and oxygen atoms in total. The summed E-state index contributed by atoms with van der Waals surface area (Å²) in [6.07, 6.45) is 0.550. The van der Waals surface area contributed by atoms with E-state index in [1.54, 1.807) is 6.92 Å². The van der Waals surface area contributed by atoms with E-state index < -0.39 is 4.92 Å². The van der Waals surface area contributed by atoms with Crippen molar-refractivity contribution >= 4 is 27.5 Å². The number of nitrogens with zero attached hydrogens (tertiary/aromatic N) is 1.